The molecule has 2 aliphatic rings. The number of likely N-dealkylation sites (N-methyl/N-ethyl adjacent to an activating group) is 1. The molecule has 1 atom stereocenters. The molecule has 0 amide bonds. The Hall–Kier alpha value is -4.20. The van der Waals surface area contributed by atoms with E-state index in [4.69, 9.17) is 19.7 Å². The molecule has 6 rings (SSSR count). The molecule has 3 aromatic heterocycles. The molecule has 13 nitrogen and oxygen atoms in total. The number of benzene rings is 1. The highest BCUT2D eigenvalue weighted by atomic mass is 16.5. The van der Waals surface area contributed by atoms with E-state index in [-0.39, 0.29) is 6.10 Å². The van der Waals surface area contributed by atoms with Crippen LogP contribution in [0, 0.1) is 0 Å². The zero-order valence-electron chi connectivity index (χ0n) is 25.4. The highest BCUT2D eigenvalue weighted by molar-refractivity contribution is 6.00. The summed E-state index contributed by atoms with van der Waals surface area (Å²) in [4.78, 5) is 21.3. The van der Waals surface area contributed by atoms with Crippen molar-refractivity contribution < 1.29 is 4.74 Å². The molecule has 0 saturated carbocycles. The quantitative estimate of drug-likeness (QED) is 0.294. The van der Waals surface area contributed by atoms with E-state index in [1.165, 1.54) is 5.56 Å². The Morgan fingerprint density at radius 2 is 1.77 bits per heavy atom. The van der Waals surface area contributed by atoms with Gasteiger partial charge in [-0.1, -0.05) is 29.5 Å². The molecule has 2 aliphatic heterocycles. The van der Waals surface area contributed by atoms with Gasteiger partial charge in [-0.2, -0.15) is 5.10 Å². The number of hydrogen-bond donors (Lipinski definition) is 1. The number of rotatable bonds is 9. The van der Waals surface area contributed by atoms with Crippen LogP contribution in [0.4, 0.5) is 17.6 Å². The van der Waals surface area contributed by atoms with Gasteiger partial charge in [0.05, 0.1) is 31.2 Å². The van der Waals surface area contributed by atoms with E-state index in [1.54, 1.807) is 15.6 Å². The number of aliphatic imine (C=N–C) groups is 1. The van der Waals surface area contributed by atoms with Crippen LogP contribution in [0.25, 0.3) is 11.1 Å². The van der Waals surface area contributed by atoms with Gasteiger partial charge in [0.15, 0.2) is 11.6 Å². The Morgan fingerprint density at radius 3 is 2.47 bits per heavy atom. The average Bonchev–Trinajstić information content (AvgIpc) is 3.64. The van der Waals surface area contributed by atoms with E-state index in [0.29, 0.717) is 37.3 Å². The first kappa shape index (κ1) is 28.9. The first-order valence-electron chi connectivity index (χ1n) is 14.8. The highest BCUT2D eigenvalue weighted by Gasteiger charge is 2.25. The van der Waals surface area contributed by atoms with Gasteiger partial charge in [0, 0.05) is 89.6 Å². The van der Waals surface area contributed by atoms with Gasteiger partial charge in [0.1, 0.15) is 0 Å². The van der Waals surface area contributed by atoms with Gasteiger partial charge in [-0.3, -0.25) is 9.58 Å². The number of anilines is 2. The molecular formula is C30H40N12O. The standard InChI is InChI=1S/C30H40N12O/c1-22(26-17-34-39(4)19-26)35-29-28(31-2)36-37-42(29)21-27-20-41(13-14-43-27)30-32-15-25(16-33-30)24-7-5-23(6-8-24)18-40-11-9-38(3)10-12-40/h5-8,15-17,19,27,31H,9-14,18,20-21H2,1-4H3/b35-22+. The Bertz CT molecular complexity index is 1520. The lowest BCUT2D eigenvalue weighted by Gasteiger charge is -2.32. The molecule has 1 unspecified atom stereocenters. The van der Waals surface area contributed by atoms with E-state index in [2.05, 4.69) is 66.7 Å². The normalized spacial score (nSPS) is 18.7. The fourth-order valence-electron chi connectivity index (χ4n) is 5.44. The summed E-state index contributed by atoms with van der Waals surface area (Å²) in [6.45, 7) is 9.88. The first-order chi connectivity index (χ1) is 20.9. The summed E-state index contributed by atoms with van der Waals surface area (Å²) in [5, 5.41) is 16.0. The fourth-order valence-corrected chi connectivity index (χ4v) is 5.44. The maximum Gasteiger partial charge on any atom is 0.225 e. The molecule has 43 heavy (non-hydrogen) atoms. The minimum atomic E-state index is -0.121. The van der Waals surface area contributed by atoms with Crippen molar-refractivity contribution in [2.45, 2.75) is 26.1 Å². The van der Waals surface area contributed by atoms with Crippen LogP contribution in [0.15, 0.2) is 54.0 Å². The second kappa shape index (κ2) is 13.0. The SMILES string of the molecule is CNc1nnn(CC2CN(c3ncc(-c4ccc(CN5CCN(C)CC5)cc4)cn3)CCO2)c1/N=C(\C)c1cnn(C)c1. The Balaban J connectivity index is 1.09. The summed E-state index contributed by atoms with van der Waals surface area (Å²) in [7, 11) is 5.89. The molecule has 5 heterocycles. The average molecular weight is 585 g/mol. The minimum Gasteiger partial charge on any atom is -0.373 e. The van der Waals surface area contributed by atoms with Crippen molar-refractivity contribution in [1.29, 1.82) is 0 Å². The maximum absolute atomic E-state index is 6.11. The topological polar surface area (TPSA) is 118 Å². The summed E-state index contributed by atoms with van der Waals surface area (Å²) in [5.74, 6) is 1.96. The lowest BCUT2D eigenvalue weighted by Crippen LogP contribution is -2.45. The molecule has 0 radical (unpaired) electrons. The highest BCUT2D eigenvalue weighted by Crippen LogP contribution is 2.25. The van der Waals surface area contributed by atoms with Crippen LogP contribution >= 0.6 is 0 Å². The molecule has 1 N–H and O–H groups in total. The van der Waals surface area contributed by atoms with Crippen molar-refractivity contribution in [3.63, 3.8) is 0 Å². The maximum atomic E-state index is 6.11. The number of aryl methyl sites for hydroxylation is 1. The number of nitrogens with zero attached hydrogens (tertiary/aromatic N) is 11. The number of aromatic nitrogens is 7. The predicted octanol–water partition coefficient (Wildman–Crippen LogP) is 2.30. The predicted molar refractivity (Wildman–Crippen MR) is 167 cm³/mol. The first-order valence-corrected chi connectivity index (χ1v) is 14.8. The molecule has 0 spiro atoms. The van der Waals surface area contributed by atoms with Crippen molar-refractivity contribution in [2.75, 3.05) is 70.2 Å². The number of piperazine rings is 1. The van der Waals surface area contributed by atoms with E-state index in [0.717, 1.165) is 61.7 Å². The third kappa shape index (κ3) is 6.90. The third-order valence-corrected chi connectivity index (χ3v) is 8.07. The van der Waals surface area contributed by atoms with Gasteiger partial charge >= 0.3 is 0 Å². The minimum absolute atomic E-state index is 0.121. The van der Waals surface area contributed by atoms with Gasteiger partial charge in [-0.15, -0.1) is 5.10 Å². The smallest absolute Gasteiger partial charge is 0.225 e. The van der Waals surface area contributed by atoms with Crippen LogP contribution in [0.1, 0.15) is 18.1 Å². The van der Waals surface area contributed by atoms with Crippen molar-refractivity contribution in [3.8, 4) is 11.1 Å². The van der Waals surface area contributed by atoms with Crippen LogP contribution in [0.5, 0.6) is 0 Å². The number of morpholine rings is 1. The Morgan fingerprint density at radius 1 is 1.00 bits per heavy atom. The summed E-state index contributed by atoms with van der Waals surface area (Å²) in [5.41, 5.74) is 5.24. The molecule has 13 heteroatoms. The molecule has 2 fully saturated rings. The van der Waals surface area contributed by atoms with E-state index < -0.39 is 0 Å². The lowest BCUT2D eigenvalue weighted by atomic mass is 10.1. The molecule has 0 aliphatic carbocycles. The molecule has 4 aromatic rings. The van der Waals surface area contributed by atoms with Crippen molar-refractivity contribution in [3.05, 3.63) is 60.2 Å². The van der Waals surface area contributed by atoms with Crippen molar-refractivity contribution >= 4 is 23.3 Å². The summed E-state index contributed by atoms with van der Waals surface area (Å²) in [6, 6.07) is 8.77. The molecular weight excluding hydrogens is 544 g/mol. The Kier molecular flexibility index (Phi) is 8.72. The molecule has 226 valence electrons. The van der Waals surface area contributed by atoms with E-state index in [1.807, 2.05) is 39.6 Å². The van der Waals surface area contributed by atoms with Crippen LogP contribution in [0.2, 0.25) is 0 Å². The molecule has 2 saturated heterocycles. The van der Waals surface area contributed by atoms with Crippen molar-refractivity contribution in [1.82, 2.24) is 44.5 Å². The number of hydrogen-bond acceptors (Lipinski definition) is 11. The van der Waals surface area contributed by atoms with Crippen LogP contribution < -0.4 is 10.2 Å². The van der Waals surface area contributed by atoms with Crippen LogP contribution in [0.3, 0.4) is 0 Å². The van der Waals surface area contributed by atoms with Crippen molar-refractivity contribution in [2.24, 2.45) is 12.0 Å². The van der Waals surface area contributed by atoms with Gasteiger partial charge in [-0.25, -0.2) is 19.6 Å². The summed E-state index contributed by atoms with van der Waals surface area (Å²) < 4.78 is 9.66. The lowest BCUT2D eigenvalue weighted by molar-refractivity contribution is 0.0269. The third-order valence-electron chi connectivity index (χ3n) is 8.07. The number of ether oxygens (including phenoxy) is 1. The van der Waals surface area contributed by atoms with Crippen LogP contribution in [-0.2, 0) is 24.9 Å². The zero-order valence-corrected chi connectivity index (χ0v) is 25.4. The second-order valence-corrected chi connectivity index (χ2v) is 11.3. The van der Waals surface area contributed by atoms with Gasteiger partial charge in [-0.05, 0) is 25.1 Å². The van der Waals surface area contributed by atoms with Gasteiger partial charge in [0.2, 0.25) is 5.95 Å². The van der Waals surface area contributed by atoms with Crippen LogP contribution in [-0.4, -0.2) is 116 Å². The van der Waals surface area contributed by atoms with E-state index >= 15 is 0 Å². The van der Waals surface area contributed by atoms with E-state index in [9.17, 15) is 0 Å². The van der Waals surface area contributed by atoms with Gasteiger partial charge in [0.25, 0.3) is 0 Å². The summed E-state index contributed by atoms with van der Waals surface area (Å²) >= 11 is 0. The largest absolute Gasteiger partial charge is 0.373 e. The zero-order chi connectivity index (χ0) is 29.8. The summed E-state index contributed by atoms with van der Waals surface area (Å²) in [6.07, 6.45) is 7.43. The molecule has 0 bridgehead atoms. The second-order valence-electron chi connectivity index (χ2n) is 11.3. The fraction of sp³-hybridized carbons (Fsp3) is 0.467. The monoisotopic (exact) mass is 584 g/mol. The number of nitrogens with one attached hydrogen (secondary N) is 1. The molecule has 1 aromatic carbocycles. The van der Waals surface area contributed by atoms with Gasteiger partial charge < -0.3 is 19.9 Å². The Labute approximate surface area is 252 Å².